The van der Waals surface area contributed by atoms with Gasteiger partial charge in [0, 0.05) is 21.7 Å². The van der Waals surface area contributed by atoms with Crippen LogP contribution < -0.4 is 0 Å². The molecule has 100 valence electrons. The molecule has 1 heterocycles. The molecule has 0 atom stereocenters. The van der Waals surface area contributed by atoms with Gasteiger partial charge in [0.15, 0.2) is 5.58 Å². The van der Waals surface area contributed by atoms with Gasteiger partial charge in [-0.1, -0.05) is 22.5 Å². The Morgan fingerprint density at radius 2 is 1.80 bits per heavy atom. The summed E-state index contributed by atoms with van der Waals surface area (Å²) in [5.74, 6) is 0.691. The predicted molar refractivity (Wildman–Crippen MR) is 80.7 cm³/mol. The van der Waals surface area contributed by atoms with E-state index in [1.807, 2.05) is 0 Å². The van der Waals surface area contributed by atoms with Gasteiger partial charge in [-0.3, -0.25) is 0 Å². The number of hydrogen-bond donors (Lipinski definition) is 2. The van der Waals surface area contributed by atoms with Crippen LogP contribution in [0.5, 0.6) is 11.5 Å². The molecule has 3 rings (SSSR count). The first-order valence-electron chi connectivity index (χ1n) is 5.82. The largest absolute Gasteiger partial charge is 0.508 e. The van der Waals surface area contributed by atoms with E-state index in [0.717, 1.165) is 5.56 Å². The Kier molecular flexibility index (Phi) is 2.99. The van der Waals surface area contributed by atoms with Crippen molar-refractivity contribution in [2.45, 2.75) is 0 Å². The van der Waals surface area contributed by atoms with Crippen LogP contribution in [0.3, 0.4) is 0 Å². The fourth-order valence-corrected chi connectivity index (χ4v) is 2.24. The standard InChI is InChI=1S/C15H10BrNO3/c1-8(16)12-6-11(19)7-13-14(12)20-15(17-13)9-2-4-10(18)5-3-9/h2-7,18-19H,1H2. The SMILES string of the molecule is C=C(Br)c1cc(O)cc2nc(-c3ccc(O)cc3)oc12. The van der Waals surface area contributed by atoms with Crippen molar-refractivity contribution in [3.63, 3.8) is 0 Å². The van der Waals surface area contributed by atoms with Gasteiger partial charge in [-0.25, -0.2) is 4.98 Å². The lowest BCUT2D eigenvalue weighted by Crippen LogP contribution is -1.78. The lowest BCUT2D eigenvalue weighted by Gasteiger charge is -1.99. The summed E-state index contributed by atoms with van der Waals surface area (Å²) in [5.41, 5.74) is 2.48. The number of benzene rings is 2. The number of fused-ring (bicyclic) bond motifs is 1. The first kappa shape index (κ1) is 12.7. The summed E-state index contributed by atoms with van der Waals surface area (Å²) >= 11 is 3.29. The number of nitrogens with zero attached hydrogens (tertiary/aromatic N) is 1. The molecule has 0 fully saturated rings. The Labute approximate surface area is 123 Å². The summed E-state index contributed by atoms with van der Waals surface area (Å²) in [6, 6.07) is 9.64. The molecule has 2 aromatic carbocycles. The minimum absolute atomic E-state index is 0.0960. The fraction of sp³-hybridized carbons (Fsp3) is 0. The quantitative estimate of drug-likeness (QED) is 0.735. The molecular weight excluding hydrogens is 322 g/mol. The van der Waals surface area contributed by atoms with E-state index in [2.05, 4.69) is 27.5 Å². The highest BCUT2D eigenvalue weighted by Gasteiger charge is 2.14. The maximum atomic E-state index is 9.70. The number of aromatic nitrogens is 1. The van der Waals surface area contributed by atoms with Crippen molar-refractivity contribution < 1.29 is 14.6 Å². The molecule has 0 unspecified atom stereocenters. The van der Waals surface area contributed by atoms with Gasteiger partial charge in [0.2, 0.25) is 5.89 Å². The van der Waals surface area contributed by atoms with Crippen molar-refractivity contribution >= 4 is 31.5 Å². The molecule has 0 spiro atoms. The molecule has 4 nitrogen and oxygen atoms in total. The number of rotatable bonds is 2. The van der Waals surface area contributed by atoms with Crippen molar-refractivity contribution in [2.75, 3.05) is 0 Å². The van der Waals surface area contributed by atoms with Crippen LogP contribution in [-0.2, 0) is 0 Å². The topological polar surface area (TPSA) is 66.5 Å². The summed E-state index contributed by atoms with van der Waals surface area (Å²) in [7, 11) is 0. The van der Waals surface area contributed by atoms with Crippen molar-refractivity contribution in [3.8, 4) is 23.0 Å². The van der Waals surface area contributed by atoms with E-state index in [9.17, 15) is 10.2 Å². The van der Waals surface area contributed by atoms with Crippen LogP contribution in [0, 0.1) is 0 Å². The monoisotopic (exact) mass is 331 g/mol. The number of halogens is 1. The molecule has 0 radical (unpaired) electrons. The third-order valence-electron chi connectivity index (χ3n) is 2.88. The molecule has 3 aromatic rings. The second-order valence-corrected chi connectivity index (χ2v) is 5.27. The highest BCUT2D eigenvalue weighted by molar-refractivity contribution is 9.15. The van der Waals surface area contributed by atoms with Crippen LogP contribution in [0.15, 0.2) is 47.4 Å². The van der Waals surface area contributed by atoms with Crippen LogP contribution >= 0.6 is 15.9 Å². The maximum Gasteiger partial charge on any atom is 0.227 e. The Balaban J connectivity index is 2.22. The molecule has 0 saturated carbocycles. The van der Waals surface area contributed by atoms with Gasteiger partial charge in [0.05, 0.1) is 0 Å². The highest BCUT2D eigenvalue weighted by atomic mass is 79.9. The predicted octanol–water partition coefficient (Wildman–Crippen LogP) is 4.27. The van der Waals surface area contributed by atoms with Crippen molar-refractivity contribution in [1.29, 1.82) is 0 Å². The third kappa shape index (κ3) is 2.16. The Morgan fingerprint density at radius 3 is 2.45 bits per heavy atom. The average molecular weight is 332 g/mol. The van der Waals surface area contributed by atoms with E-state index in [-0.39, 0.29) is 11.5 Å². The molecule has 0 aliphatic heterocycles. The molecular formula is C15H10BrNO3. The van der Waals surface area contributed by atoms with Crippen molar-refractivity contribution in [1.82, 2.24) is 4.98 Å². The van der Waals surface area contributed by atoms with E-state index in [1.54, 1.807) is 30.3 Å². The Hall–Kier alpha value is -2.27. The summed E-state index contributed by atoms with van der Waals surface area (Å²) in [6.45, 7) is 3.79. The minimum atomic E-state index is 0.0960. The molecule has 0 bridgehead atoms. The van der Waals surface area contributed by atoms with Gasteiger partial charge < -0.3 is 14.6 Å². The van der Waals surface area contributed by atoms with E-state index < -0.39 is 0 Å². The molecule has 20 heavy (non-hydrogen) atoms. The van der Waals surface area contributed by atoms with Crippen LogP contribution in [0.25, 0.3) is 27.0 Å². The lowest BCUT2D eigenvalue weighted by molar-refractivity contribution is 0.475. The zero-order valence-corrected chi connectivity index (χ0v) is 11.9. The third-order valence-corrected chi connectivity index (χ3v) is 3.31. The summed E-state index contributed by atoms with van der Waals surface area (Å²) in [4.78, 5) is 4.35. The van der Waals surface area contributed by atoms with Crippen LogP contribution in [0.1, 0.15) is 5.56 Å². The van der Waals surface area contributed by atoms with E-state index in [0.29, 0.717) is 27.0 Å². The number of phenolic OH excluding ortho intramolecular Hbond substituents is 2. The molecule has 0 aliphatic carbocycles. The van der Waals surface area contributed by atoms with E-state index in [1.165, 1.54) is 6.07 Å². The first-order chi connectivity index (χ1) is 9.54. The summed E-state index contributed by atoms with van der Waals surface area (Å²) in [5, 5.41) is 19.0. The summed E-state index contributed by atoms with van der Waals surface area (Å²) < 4.78 is 6.35. The molecule has 0 aliphatic rings. The minimum Gasteiger partial charge on any atom is -0.508 e. The van der Waals surface area contributed by atoms with Gasteiger partial charge >= 0.3 is 0 Å². The van der Waals surface area contributed by atoms with Gasteiger partial charge in [-0.05, 0) is 30.3 Å². The highest BCUT2D eigenvalue weighted by Crippen LogP contribution is 2.34. The van der Waals surface area contributed by atoms with Crippen LogP contribution in [-0.4, -0.2) is 15.2 Å². The molecule has 5 heteroatoms. The first-order valence-corrected chi connectivity index (χ1v) is 6.61. The van der Waals surface area contributed by atoms with E-state index >= 15 is 0 Å². The van der Waals surface area contributed by atoms with Crippen LogP contribution in [0.4, 0.5) is 0 Å². The zero-order valence-electron chi connectivity index (χ0n) is 10.3. The molecule has 1 aromatic heterocycles. The zero-order chi connectivity index (χ0) is 14.3. The number of hydrogen-bond acceptors (Lipinski definition) is 4. The maximum absolute atomic E-state index is 9.70. The lowest BCUT2D eigenvalue weighted by atomic mass is 10.2. The van der Waals surface area contributed by atoms with Gasteiger partial charge in [0.25, 0.3) is 0 Å². The normalized spacial score (nSPS) is 10.8. The second kappa shape index (κ2) is 4.68. The van der Waals surface area contributed by atoms with E-state index in [4.69, 9.17) is 4.42 Å². The summed E-state index contributed by atoms with van der Waals surface area (Å²) in [6.07, 6.45) is 0. The number of aromatic hydroxyl groups is 2. The van der Waals surface area contributed by atoms with Crippen molar-refractivity contribution in [3.05, 3.63) is 48.5 Å². The van der Waals surface area contributed by atoms with Gasteiger partial charge in [0.1, 0.15) is 17.0 Å². The Morgan fingerprint density at radius 1 is 1.10 bits per heavy atom. The number of oxazole rings is 1. The molecule has 0 saturated heterocycles. The number of phenols is 2. The van der Waals surface area contributed by atoms with Crippen molar-refractivity contribution in [2.24, 2.45) is 0 Å². The second-order valence-electron chi connectivity index (χ2n) is 4.31. The smallest absolute Gasteiger partial charge is 0.227 e. The average Bonchev–Trinajstić information content (AvgIpc) is 2.81. The van der Waals surface area contributed by atoms with Gasteiger partial charge in [-0.15, -0.1) is 0 Å². The molecule has 0 amide bonds. The molecule has 2 N–H and O–H groups in total. The van der Waals surface area contributed by atoms with Crippen LogP contribution in [0.2, 0.25) is 0 Å². The Bertz CT molecular complexity index is 806. The fourth-order valence-electron chi connectivity index (χ4n) is 1.95. The van der Waals surface area contributed by atoms with Gasteiger partial charge in [-0.2, -0.15) is 0 Å².